The van der Waals surface area contributed by atoms with Crippen molar-refractivity contribution in [2.45, 2.75) is 120 Å². The van der Waals surface area contributed by atoms with Gasteiger partial charge in [0.25, 0.3) is 17.7 Å². The van der Waals surface area contributed by atoms with E-state index in [-0.39, 0.29) is 126 Å². The summed E-state index contributed by atoms with van der Waals surface area (Å²) in [7, 11) is 3.08. The summed E-state index contributed by atoms with van der Waals surface area (Å²) in [5.41, 5.74) is -0.227. The minimum atomic E-state index is -4.98. The highest BCUT2D eigenvalue weighted by molar-refractivity contribution is 8.55. The molecule has 0 radical (unpaired) electrons. The van der Waals surface area contributed by atoms with Crippen LogP contribution in [0.4, 0.5) is 17.7 Å². The van der Waals surface area contributed by atoms with Gasteiger partial charge in [0.1, 0.15) is 77.5 Å². The third kappa shape index (κ3) is 21.3. The molecule has 0 spiro atoms. The van der Waals surface area contributed by atoms with Crippen molar-refractivity contribution in [2.24, 2.45) is 11.8 Å². The van der Waals surface area contributed by atoms with E-state index in [2.05, 4.69) is 46.9 Å². The van der Waals surface area contributed by atoms with Crippen LogP contribution < -0.4 is 40.6 Å². The highest BCUT2D eigenvalue weighted by Gasteiger charge is 2.56. The number of hydrogen-bond donors (Lipinski definition) is 5. The number of ether oxygens (including phenoxy) is 8. The molecule has 658 valence electrons. The van der Waals surface area contributed by atoms with Gasteiger partial charge in [0.2, 0.25) is 29.5 Å². The molecular weight excluding hydrogens is 1790 g/mol. The van der Waals surface area contributed by atoms with Crippen LogP contribution in [0.5, 0.6) is 34.8 Å². The Morgan fingerprint density at radius 2 is 1.12 bits per heavy atom. The van der Waals surface area contributed by atoms with Crippen LogP contribution >= 0.6 is 82.8 Å². The number of amides is 3. The van der Waals surface area contributed by atoms with Crippen molar-refractivity contribution in [3.63, 3.8) is 0 Å². The molecule has 126 heavy (non-hydrogen) atoms. The van der Waals surface area contributed by atoms with Crippen LogP contribution in [-0.2, 0) is 61.4 Å². The summed E-state index contributed by atoms with van der Waals surface area (Å²) in [6, 6.07) is 46.3. The van der Waals surface area contributed by atoms with Gasteiger partial charge in [0.15, 0.2) is 22.3 Å². The summed E-state index contributed by atoms with van der Waals surface area (Å²) in [5.74, 6) is -5.62. The van der Waals surface area contributed by atoms with E-state index >= 15 is 9.13 Å². The number of hydrogen-bond acceptors (Lipinski definition) is 31. The van der Waals surface area contributed by atoms with Gasteiger partial charge in [-0.2, -0.15) is 35.4 Å². The maximum Gasteiger partial charge on any atom is 0.391 e. The molecule has 35 nitrogen and oxygen atoms in total. The molecule has 3 amide bonds. The van der Waals surface area contributed by atoms with Gasteiger partial charge in [-0.25, -0.2) is 23.9 Å². The minimum absolute atomic E-state index is 0.0442. The lowest BCUT2D eigenvalue weighted by Gasteiger charge is -2.37. The van der Waals surface area contributed by atoms with Crippen molar-refractivity contribution < 1.29 is 89.7 Å². The SMILES string of the molecule is COc1ccc(C(OC[C@H]2O[C@@H](n3cnc4c(Oc5cc(Cl)ccc5Cl)nc(NC(=O)C(C)C)nc43)C[C@@H]2OP(=O)(OC[C@H]2O[C@@H](n3ccc(NC(=O)c4ccccc4)nc3=O)C[C@@]2(O)OP(=O)(OC[C@H]2O[C@@H](n3cnc4c(Oc5cc(Cl)ccc5Cl)nc(NC(=O)C(C)C)nc43)C[C@@H]2O)SCCC#N)SCCC#N)(c2ccccc2)c2ccc(OC)cc2)cc1. The quantitative estimate of drug-likeness (QED) is 0.0104. The molecule has 5 aromatic heterocycles. The Morgan fingerprint density at radius 3 is 1.64 bits per heavy atom. The Bertz CT molecular complexity index is 6000. The van der Waals surface area contributed by atoms with E-state index in [1.165, 1.54) is 72.5 Å². The third-order valence-electron chi connectivity index (χ3n) is 20.1. The Labute approximate surface area is 748 Å². The number of fused-ring (bicyclic) bond motifs is 2. The van der Waals surface area contributed by atoms with Gasteiger partial charge in [-0.05, 0) is 106 Å². The number of nitrogens with zero attached hydrogens (tertiary/aromatic N) is 12. The van der Waals surface area contributed by atoms with Crippen LogP contribution in [0.2, 0.25) is 20.1 Å². The third-order valence-corrected chi connectivity index (χ3v) is 28.7. The molecule has 3 fully saturated rings. The monoisotopic (exact) mass is 1870 g/mol. The zero-order valence-electron chi connectivity index (χ0n) is 67.8. The largest absolute Gasteiger partial charge is 0.497 e. The Morgan fingerprint density at radius 1 is 0.611 bits per heavy atom. The lowest BCUT2D eigenvalue weighted by Crippen LogP contribution is -2.43. The summed E-state index contributed by atoms with van der Waals surface area (Å²) < 4.78 is 114. The smallest absolute Gasteiger partial charge is 0.391 e. The predicted molar refractivity (Wildman–Crippen MR) is 467 cm³/mol. The first-order chi connectivity index (χ1) is 60.6. The van der Waals surface area contributed by atoms with Gasteiger partial charge in [0, 0.05) is 83.0 Å². The maximum absolute atomic E-state index is 16.5. The van der Waals surface area contributed by atoms with Crippen LogP contribution in [-0.4, -0.2) is 158 Å². The van der Waals surface area contributed by atoms with E-state index in [1.807, 2.05) is 60.7 Å². The first-order valence-electron chi connectivity index (χ1n) is 39.2. The van der Waals surface area contributed by atoms with Gasteiger partial charge in [0.05, 0.1) is 81.4 Å². The van der Waals surface area contributed by atoms with Crippen molar-refractivity contribution >= 4 is 141 Å². The van der Waals surface area contributed by atoms with Crippen LogP contribution in [0.25, 0.3) is 22.3 Å². The van der Waals surface area contributed by atoms with E-state index in [4.69, 9.17) is 112 Å². The second-order valence-corrected chi connectivity index (χ2v) is 39.2. The molecule has 2 unspecified atom stereocenters. The van der Waals surface area contributed by atoms with Gasteiger partial charge in [-0.15, -0.1) is 0 Å². The highest BCUT2D eigenvalue weighted by Crippen LogP contribution is 2.67. The number of carbonyl (C=O) groups is 3. The average molecular weight is 1880 g/mol. The number of aromatic nitrogens is 10. The fraction of sp³-hybridized carbons (Fsp3) is 0.337. The number of carbonyl (C=O) groups excluding carboxylic acids is 3. The molecule has 0 aliphatic carbocycles. The number of aliphatic hydroxyl groups is 2. The average Bonchev–Trinajstić information content (AvgIpc) is 1.03. The molecule has 8 heterocycles. The molecule has 6 aromatic carbocycles. The van der Waals surface area contributed by atoms with Crippen molar-refractivity contribution in [1.82, 2.24) is 48.6 Å². The van der Waals surface area contributed by atoms with Crippen molar-refractivity contribution in [3.05, 3.63) is 223 Å². The first-order valence-corrected chi connectivity index (χ1v) is 46.9. The topological polar surface area (TPSA) is 442 Å². The number of methoxy groups -OCH3 is 2. The number of halogens is 4. The van der Waals surface area contributed by atoms with E-state index in [1.54, 1.807) is 94.4 Å². The number of aliphatic hydroxyl groups excluding tert-OH is 1. The zero-order chi connectivity index (χ0) is 89.2. The number of benzene rings is 6. The molecule has 5 N–H and O–H groups in total. The molecule has 3 aliphatic heterocycles. The van der Waals surface area contributed by atoms with Crippen molar-refractivity contribution in [1.29, 1.82) is 10.5 Å². The van der Waals surface area contributed by atoms with Gasteiger partial charge in [-0.1, -0.05) is 147 Å². The van der Waals surface area contributed by atoms with Gasteiger partial charge < -0.3 is 53.4 Å². The lowest BCUT2D eigenvalue weighted by molar-refractivity contribution is -0.185. The van der Waals surface area contributed by atoms with E-state index in [9.17, 15) is 39.9 Å². The number of imidazole rings is 2. The molecular formula is C83H81Cl4N15O20P2S2. The van der Waals surface area contributed by atoms with Crippen molar-refractivity contribution in [3.8, 4) is 46.9 Å². The summed E-state index contributed by atoms with van der Waals surface area (Å²) in [6.45, 7) is -5.36. The molecule has 11 atom stereocenters. The second-order valence-electron chi connectivity index (χ2n) is 29.3. The predicted octanol–water partition coefficient (Wildman–Crippen LogP) is 16.4. The van der Waals surface area contributed by atoms with E-state index < -0.39 is 136 Å². The highest BCUT2D eigenvalue weighted by atomic mass is 35.5. The summed E-state index contributed by atoms with van der Waals surface area (Å²) in [4.78, 5) is 86.0. The van der Waals surface area contributed by atoms with Crippen LogP contribution in [0, 0.1) is 34.5 Å². The first kappa shape index (κ1) is 92.0. The number of nitrogens with one attached hydrogen (secondary N) is 3. The Balaban J connectivity index is 0.813. The fourth-order valence-corrected chi connectivity index (χ4v) is 21.0. The van der Waals surface area contributed by atoms with Gasteiger partial charge >= 0.3 is 19.3 Å². The zero-order valence-corrected chi connectivity index (χ0v) is 74.3. The second kappa shape index (κ2) is 40.4. The lowest BCUT2D eigenvalue weighted by atomic mass is 9.80. The minimum Gasteiger partial charge on any atom is -0.497 e. The Kier molecular flexibility index (Phi) is 29.5. The Hall–Kier alpha value is -10.2. The van der Waals surface area contributed by atoms with E-state index in [0.29, 0.717) is 51.0 Å². The molecule has 14 rings (SSSR count). The summed E-state index contributed by atoms with van der Waals surface area (Å²) in [5, 5.41) is 54.1. The molecule has 0 bridgehead atoms. The fourth-order valence-electron chi connectivity index (χ4n) is 13.6. The van der Waals surface area contributed by atoms with E-state index in [0.717, 1.165) is 4.57 Å². The number of rotatable bonds is 37. The number of nitriles is 2. The molecule has 11 aromatic rings. The molecule has 0 saturated carbocycles. The maximum atomic E-state index is 16.5. The van der Waals surface area contributed by atoms with Crippen LogP contribution in [0.1, 0.15) is 106 Å². The molecule has 43 heteroatoms. The molecule has 3 saturated heterocycles. The normalized spacial score (nSPS) is 20.3. The van der Waals surface area contributed by atoms with Crippen LogP contribution in [0.15, 0.2) is 175 Å². The van der Waals surface area contributed by atoms with Crippen LogP contribution in [0.3, 0.4) is 0 Å². The summed E-state index contributed by atoms with van der Waals surface area (Å²) >= 11 is 27.0. The van der Waals surface area contributed by atoms with Gasteiger partial charge in [-0.3, -0.25) is 56.8 Å². The summed E-state index contributed by atoms with van der Waals surface area (Å²) in [6.07, 6.45) is -9.09. The standard InChI is InChI=1S/C83H81Cl4N15O20P2S2/c1-47(2)74(104)96-79-94-72-70(77(98-79)118-60-37-53(84)23-29-57(60)86)90-45-101(72)67-39-59(103)63(116-67)43-114-124(110,126-36-14-33-89)122-82(108)41-69(100-34-31-66(93-81(100)107)92-76(106)49-15-9-7-10-16-49)120-65(82)44-115-123(109,125-35-13-32-88)121-62-40-68(102-46-91-71-73(102)95-80(97-75(105)48(3)4)99-78(71)119-61-38-54(85)24-30-58(61)87)117-64(62)42-113-83(50-17-11-8-12-18-50,51-19-25-55(111-5)26-20-51)52-21-27-56(112-6)28-22-52/h7-12,15-31,34,37-38,45-48,59,62-65,67-69,103,108H,13-14,35-36,39-44H2,1-6H3,(H,92,93,106,107)(H,94,96,98,104)(H,95,97,99,105)/t59-,62-,63+,64+,65+,67+,68+,69+,82+,123?,124?/m0/s1. The number of anilines is 3. The van der Waals surface area contributed by atoms with Crippen molar-refractivity contribution in [2.75, 3.05) is 61.5 Å². The molecule has 3 aliphatic rings.